The number of aliphatic hydroxyl groups excluding tert-OH is 1. The Balaban J connectivity index is 0.864. The van der Waals surface area contributed by atoms with E-state index in [0.29, 0.717) is 87.2 Å². The number of aliphatic hydroxyl groups is 1. The van der Waals surface area contributed by atoms with E-state index in [1.807, 2.05) is 57.5 Å². The average Bonchev–Trinajstić information content (AvgIpc) is 4.11. The number of nitrogens with two attached hydrogens (primary N) is 1. The Kier molecular flexibility index (Phi) is 17.3. The molecule has 3 aromatic heterocycles. The molecule has 2 aromatic carbocycles. The van der Waals surface area contributed by atoms with Crippen molar-refractivity contribution >= 4 is 40.3 Å². The Morgan fingerprint density at radius 3 is 2.42 bits per heavy atom. The van der Waals surface area contributed by atoms with Gasteiger partial charge in [0.25, 0.3) is 0 Å². The Bertz CT molecular complexity index is 2410. The SMILES string of the molecule is Cc1ncsc1-c1ccc([C@H](C)NC(=O)[C@@H]2C[C@@H](O)CN2C(=O)[C@@H](c2cc(CCCOCCOCCOCCn3cc(/C(=C/C(=N)c4ccccc4O)C(=N)N)cn3)no2)C(C)C)cc1. The van der Waals surface area contributed by atoms with E-state index in [4.69, 9.17) is 35.3 Å². The fourth-order valence-electron chi connectivity index (χ4n) is 7.63. The van der Waals surface area contributed by atoms with Gasteiger partial charge in [0.1, 0.15) is 29.3 Å². The molecule has 4 atom stereocenters. The van der Waals surface area contributed by atoms with Crippen LogP contribution in [0.3, 0.4) is 0 Å². The number of ether oxygens (including phenoxy) is 3. The van der Waals surface area contributed by atoms with Crippen LogP contribution in [0.1, 0.15) is 79.4 Å². The third kappa shape index (κ3) is 13.0. The minimum Gasteiger partial charge on any atom is -0.507 e. The summed E-state index contributed by atoms with van der Waals surface area (Å²) in [6.45, 7) is 10.7. The third-order valence-corrected chi connectivity index (χ3v) is 12.1. The molecule has 6 rings (SSSR count). The van der Waals surface area contributed by atoms with Crippen LogP contribution in [0.25, 0.3) is 16.0 Å². The predicted octanol–water partition coefficient (Wildman–Crippen LogP) is 5.66. The molecule has 7 N–H and O–H groups in total. The number of likely N-dealkylation sites (tertiary alicyclic amines) is 1. The lowest BCUT2D eigenvalue weighted by atomic mass is 9.91. The summed E-state index contributed by atoms with van der Waals surface area (Å²) in [5.74, 6) is -1.25. The number of β-amino-alcohol motifs (C(OH)–C–C–N with tert-alkyl or cyclic N) is 1. The quantitative estimate of drug-likeness (QED) is 0.0250. The maximum absolute atomic E-state index is 14.1. The molecular formula is C47H59N9O8S. The first-order valence-corrected chi connectivity index (χ1v) is 22.6. The minimum atomic E-state index is -0.821. The molecule has 65 heavy (non-hydrogen) atoms. The van der Waals surface area contributed by atoms with Gasteiger partial charge in [0.15, 0.2) is 0 Å². The van der Waals surface area contributed by atoms with Crippen molar-refractivity contribution in [2.24, 2.45) is 11.7 Å². The van der Waals surface area contributed by atoms with Crippen LogP contribution in [0.4, 0.5) is 0 Å². The van der Waals surface area contributed by atoms with Gasteiger partial charge in [0, 0.05) is 48.5 Å². The average molecular weight is 910 g/mol. The lowest BCUT2D eigenvalue weighted by Crippen LogP contribution is -2.48. The molecular weight excluding hydrogens is 851 g/mol. The van der Waals surface area contributed by atoms with Crippen LogP contribution in [0.15, 0.2) is 83.1 Å². The highest BCUT2D eigenvalue weighted by molar-refractivity contribution is 7.13. The van der Waals surface area contributed by atoms with Crippen LogP contribution in [0, 0.1) is 23.7 Å². The summed E-state index contributed by atoms with van der Waals surface area (Å²) >= 11 is 1.58. The second-order valence-electron chi connectivity index (χ2n) is 16.3. The van der Waals surface area contributed by atoms with Gasteiger partial charge in [0.2, 0.25) is 11.8 Å². The largest absolute Gasteiger partial charge is 0.507 e. The number of benzene rings is 2. The molecule has 1 aliphatic heterocycles. The number of aromatic nitrogens is 4. The molecule has 1 aliphatic rings. The number of allylic oxidation sites excluding steroid dienone is 1. The zero-order chi connectivity index (χ0) is 46.5. The molecule has 18 heteroatoms. The highest BCUT2D eigenvalue weighted by atomic mass is 32.1. The number of aromatic hydroxyl groups is 1. The lowest BCUT2D eigenvalue weighted by molar-refractivity contribution is -0.141. The number of hydrogen-bond acceptors (Lipinski definition) is 14. The summed E-state index contributed by atoms with van der Waals surface area (Å²) in [6.07, 6.45) is 5.32. The number of carbonyl (C=O) groups excluding carboxylic acids is 2. The zero-order valence-electron chi connectivity index (χ0n) is 37.2. The van der Waals surface area contributed by atoms with Gasteiger partial charge in [0.05, 0.1) is 85.4 Å². The Morgan fingerprint density at radius 1 is 1.03 bits per heavy atom. The van der Waals surface area contributed by atoms with E-state index in [1.165, 1.54) is 17.0 Å². The maximum atomic E-state index is 14.1. The van der Waals surface area contributed by atoms with Crippen molar-refractivity contribution in [3.63, 3.8) is 0 Å². The van der Waals surface area contributed by atoms with Crippen LogP contribution < -0.4 is 11.1 Å². The highest BCUT2D eigenvalue weighted by Crippen LogP contribution is 2.32. The predicted molar refractivity (Wildman–Crippen MR) is 247 cm³/mol. The first kappa shape index (κ1) is 48.4. The number of para-hydroxylation sites is 1. The van der Waals surface area contributed by atoms with E-state index in [-0.39, 0.29) is 54.0 Å². The van der Waals surface area contributed by atoms with Crippen molar-refractivity contribution in [2.75, 3.05) is 46.2 Å². The topological polar surface area (TPSA) is 248 Å². The molecule has 2 amide bonds. The van der Waals surface area contributed by atoms with Crippen LogP contribution >= 0.6 is 11.3 Å². The van der Waals surface area contributed by atoms with Crippen LogP contribution in [-0.4, -0.2) is 117 Å². The summed E-state index contributed by atoms with van der Waals surface area (Å²) in [5, 5.41) is 48.7. The van der Waals surface area contributed by atoms with Gasteiger partial charge in [-0.05, 0) is 61.9 Å². The smallest absolute Gasteiger partial charge is 0.243 e. The van der Waals surface area contributed by atoms with Gasteiger partial charge < -0.3 is 50.3 Å². The van der Waals surface area contributed by atoms with Crippen LogP contribution in [0.2, 0.25) is 0 Å². The first-order valence-electron chi connectivity index (χ1n) is 21.7. The summed E-state index contributed by atoms with van der Waals surface area (Å²) < 4.78 is 24.4. The standard InChI is InChI=1S/C47H59N9O8S/c1-29(2)43(47(60)56-27-36(57)23-40(56)46(59)53-30(3)32-11-13-33(14-12-32)44-31(4)51-28-65-44)42-22-35(54-64-42)8-7-16-61-18-20-63-21-19-62-17-15-55-26-34(25-52-55)38(45(49)50)24-39(48)37-9-5-6-10-41(37)58/h5-6,9-14,22,24-26,28-30,36,40,43,48,57-58H,7-8,15-21,23,27H2,1-4H3,(H3,49,50)(H,53,59)/b38-24-,48-39?/t30-,36+,40-,43+/m0/s1. The fraction of sp³-hybridized carbons (Fsp3) is 0.426. The summed E-state index contributed by atoms with van der Waals surface area (Å²) in [7, 11) is 0. The number of amides is 2. The molecule has 4 heterocycles. The zero-order valence-corrected chi connectivity index (χ0v) is 38.1. The molecule has 0 aliphatic carbocycles. The molecule has 0 saturated carbocycles. The molecule has 5 aromatic rings. The number of nitrogens with one attached hydrogen (secondary N) is 3. The summed E-state index contributed by atoms with van der Waals surface area (Å²) in [6, 6.07) is 15.2. The van der Waals surface area contributed by atoms with Gasteiger partial charge >= 0.3 is 0 Å². The number of amidine groups is 1. The van der Waals surface area contributed by atoms with Gasteiger partial charge in [-0.1, -0.05) is 55.4 Å². The second kappa shape index (κ2) is 23.2. The number of aryl methyl sites for hydroxylation is 2. The van der Waals surface area contributed by atoms with E-state index >= 15 is 0 Å². The third-order valence-electron chi connectivity index (χ3n) is 11.1. The molecule has 346 valence electrons. The van der Waals surface area contributed by atoms with E-state index in [2.05, 4.69) is 20.6 Å². The van der Waals surface area contributed by atoms with Crippen molar-refractivity contribution in [1.29, 1.82) is 10.8 Å². The van der Waals surface area contributed by atoms with E-state index in [0.717, 1.165) is 21.7 Å². The normalized spacial score (nSPS) is 16.2. The highest BCUT2D eigenvalue weighted by Gasteiger charge is 2.43. The molecule has 1 fully saturated rings. The molecule has 0 spiro atoms. The van der Waals surface area contributed by atoms with Gasteiger partial charge in [-0.25, -0.2) is 4.98 Å². The Labute approximate surface area is 382 Å². The molecule has 0 radical (unpaired) electrons. The number of nitrogens with zero attached hydrogens (tertiary/aromatic N) is 5. The van der Waals surface area contributed by atoms with Crippen molar-refractivity contribution in [1.82, 2.24) is 30.1 Å². The van der Waals surface area contributed by atoms with Crippen LogP contribution in [0.5, 0.6) is 5.75 Å². The van der Waals surface area contributed by atoms with Gasteiger partial charge in [-0.3, -0.25) is 19.7 Å². The lowest BCUT2D eigenvalue weighted by Gasteiger charge is -2.29. The van der Waals surface area contributed by atoms with Gasteiger partial charge in [-0.15, -0.1) is 11.3 Å². The Morgan fingerprint density at radius 2 is 1.74 bits per heavy atom. The number of rotatable bonds is 24. The van der Waals surface area contributed by atoms with Crippen molar-refractivity contribution < 1.29 is 38.5 Å². The fourth-order valence-corrected chi connectivity index (χ4v) is 8.44. The molecule has 17 nitrogen and oxygen atoms in total. The number of hydrogen-bond donors (Lipinski definition) is 6. The minimum absolute atomic E-state index is 0.0226. The number of thiazole rings is 1. The molecule has 0 bridgehead atoms. The Hall–Kier alpha value is -6.05. The molecule has 0 unspecified atom stereocenters. The van der Waals surface area contributed by atoms with E-state index < -0.39 is 18.1 Å². The van der Waals surface area contributed by atoms with Crippen LogP contribution in [-0.2, 0) is 36.8 Å². The second-order valence-corrected chi connectivity index (χ2v) is 17.1. The number of phenolic OH excluding ortho intramolecular Hbond substituents is 1. The molecule has 1 saturated heterocycles. The van der Waals surface area contributed by atoms with Crippen molar-refractivity contribution in [2.45, 2.75) is 77.6 Å². The monoisotopic (exact) mass is 909 g/mol. The van der Waals surface area contributed by atoms with E-state index in [9.17, 15) is 19.8 Å². The van der Waals surface area contributed by atoms with Crippen molar-refractivity contribution in [3.05, 3.63) is 112 Å². The summed E-state index contributed by atoms with van der Waals surface area (Å²) in [4.78, 5) is 34.7. The summed E-state index contributed by atoms with van der Waals surface area (Å²) in [5.41, 5.74) is 12.5. The van der Waals surface area contributed by atoms with Gasteiger partial charge in [-0.2, -0.15) is 5.10 Å². The maximum Gasteiger partial charge on any atom is 0.243 e. The van der Waals surface area contributed by atoms with Crippen molar-refractivity contribution in [3.8, 4) is 16.2 Å². The van der Waals surface area contributed by atoms with E-state index in [1.54, 1.807) is 52.7 Å². The number of phenols is 1. The number of carbonyl (C=O) groups is 2. The first-order chi connectivity index (χ1) is 31.3.